The zero-order valence-corrected chi connectivity index (χ0v) is 21.3. The lowest BCUT2D eigenvalue weighted by molar-refractivity contribution is -0.153. The van der Waals surface area contributed by atoms with Crippen molar-refractivity contribution in [2.45, 2.75) is 59.0 Å². The molecular formula is C28H38N4O3. The summed E-state index contributed by atoms with van der Waals surface area (Å²) in [6.07, 6.45) is 12.5. The van der Waals surface area contributed by atoms with Crippen LogP contribution in [0.15, 0.2) is 71.9 Å². The fourth-order valence-electron chi connectivity index (χ4n) is 4.06. The fraction of sp³-hybridized carbons (Fsp3) is 0.393. The van der Waals surface area contributed by atoms with Crippen molar-refractivity contribution >= 4 is 23.3 Å². The van der Waals surface area contributed by atoms with Crippen LogP contribution in [0.4, 0.5) is 0 Å². The van der Waals surface area contributed by atoms with Crippen LogP contribution in [0.5, 0.6) is 0 Å². The summed E-state index contributed by atoms with van der Waals surface area (Å²) in [6, 6.07) is 7.04. The Morgan fingerprint density at radius 1 is 1.26 bits per heavy atom. The number of amides is 1. The van der Waals surface area contributed by atoms with Gasteiger partial charge in [-0.05, 0) is 35.5 Å². The van der Waals surface area contributed by atoms with Gasteiger partial charge in [0.05, 0.1) is 0 Å². The number of carbonyl (C=O) groups excluding carboxylic acids is 1. The van der Waals surface area contributed by atoms with Gasteiger partial charge in [-0.3, -0.25) is 4.79 Å². The van der Waals surface area contributed by atoms with Crippen molar-refractivity contribution in [2.24, 2.45) is 10.9 Å². The first-order valence-electron chi connectivity index (χ1n) is 12.1. The normalized spacial score (nSPS) is 14.6. The molecule has 3 N–H and O–H groups in total. The SMILES string of the molecule is C=CN=C(NNC)C1=CCC=CC=C1c1ccc(CN(C(=O)CCCC)[C@H](C(=O)O)C(C)C)cc1. The standard InChI is InChI=1S/C28H38N4O3/c1-6-8-14-25(33)32(26(20(3)4)28(34)35)19-21-15-17-22(18-16-21)23-12-10-9-11-13-24(23)27(30-7-2)31-29-5/h7,9-10,12-13,15-18,20,26,29H,2,6,8,11,14,19H2,1,3-5H3,(H,30,31)(H,34,35)/t26-/m0/s1. The van der Waals surface area contributed by atoms with E-state index in [1.54, 1.807) is 7.05 Å². The van der Waals surface area contributed by atoms with Gasteiger partial charge in [-0.25, -0.2) is 15.2 Å². The Bertz CT molecular complexity index is 1000. The molecule has 0 spiro atoms. The molecule has 0 aromatic heterocycles. The van der Waals surface area contributed by atoms with Gasteiger partial charge in [0.25, 0.3) is 0 Å². The number of amidine groups is 1. The number of aliphatic imine (C=N–C) groups is 1. The highest BCUT2D eigenvalue weighted by Crippen LogP contribution is 2.27. The van der Waals surface area contributed by atoms with Crippen LogP contribution in [0.3, 0.4) is 0 Å². The number of nitrogens with one attached hydrogen (secondary N) is 2. The minimum absolute atomic E-state index is 0.123. The van der Waals surface area contributed by atoms with Crippen molar-refractivity contribution in [3.8, 4) is 0 Å². The molecule has 0 saturated heterocycles. The molecule has 1 amide bonds. The second-order valence-corrected chi connectivity index (χ2v) is 8.75. The Labute approximate surface area is 209 Å². The number of hydrazine groups is 1. The molecule has 35 heavy (non-hydrogen) atoms. The second kappa shape index (κ2) is 14.1. The third kappa shape index (κ3) is 7.79. The quantitative estimate of drug-likeness (QED) is 0.227. The highest BCUT2D eigenvalue weighted by Gasteiger charge is 2.32. The van der Waals surface area contributed by atoms with Crippen LogP contribution in [-0.4, -0.2) is 40.8 Å². The third-order valence-corrected chi connectivity index (χ3v) is 5.77. The molecule has 0 unspecified atom stereocenters. The number of rotatable bonds is 12. The average molecular weight is 479 g/mol. The monoisotopic (exact) mass is 478 g/mol. The number of carbonyl (C=O) groups is 2. The van der Waals surface area contributed by atoms with E-state index in [1.807, 2.05) is 57.2 Å². The summed E-state index contributed by atoms with van der Waals surface area (Å²) in [5, 5.41) is 9.83. The lowest BCUT2D eigenvalue weighted by atomic mass is 9.95. The Morgan fingerprint density at radius 2 is 1.97 bits per heavy atom. The van der Waals surface area contributed by atoms with Crippen molar-refractivity contribution in [1.82, 2.24) is 15.8 Å². The van der Waals surface area contributed by atoms with E-state index in [9.17, 15) is 14.7 Å². The van der Waals surface area contributed by atoms with Gasteiger partial charge in [-0.1, -0.05) is 82.3 Å². The van der Waals surface area contributed by atoms with Crippen molar-refractivity contribution in [3.63, 3.8) is 0 Å². The molecule has 1 aromatic rings. The minimum atomic E-state index is -0.974. The van der Waals surface area contributed by atoms with Crippen LogP contribution in [0.2, 0.25) is 0 Å². The summed E-state index contributed by atoms with van der Waals surface area (Å²) in [4.78, 5) is 30.9. The Kier molecular flexibility index (Phi) is 11.2. The molecule has 0 radical (unpaired) electrons. The summed E-state index contributed by atoms with van der Waals surface area (Å²) in [6.45, 7) is 9.66. The first-order valence-corrected chi connectivity index (χ1v) is 12.1. The second-order valence-electron chi connectivity index (χ2n) is 8.75. The molecule has 1 aromatic carbocycles. The molecule has 1 aliphatic rings. The predicted octanol–water partition coefficient (Wildman–Crippen LogP) is 4.85. The van der Waals surface area contributed by atoms with E-state index in [0.717, 1.165) is 41.5 Å². The smallest absolute Gasteiger partial charge is 0.326 e. The van der Waals surface area contributed by atoms with Crippen LogP contribution in [0.25, 0.3) is 5.57 Å². The van der Waals surface area contributed by atoms with Crippen molar-refractivity contribution in [3.05, 3.63) is 78.0 Å². The van der Waals surface area contributed by atoms with E-state index < -0.39 is 12.0 Å². The molecular weight excluding hydrogens is 440 g/mol. The summed E-state index contributed by atoms with van der Waals surface area (Å²) >= 11 is 0. The Hall–Kier alpha value is -3.45. The zero-order chi connectivity index (χ0) is 25.8. The third-order valence-electron chi connectivity index (χ3n) is 5.77. The summed E-state index contributed by atoms with van der Waals surface area (Å²) < 4.78 is 0. The first kappa shape index (κ1) is 27.8. The highest BCUT2D eigenvalue weighted by atomic mass is 16.4. The maximum atomic E-state index is 13.0. The molecule has 7 nitrogen and oxygen atoms in total. The van der Waals surface area contributed by atoms with Crippen molar-refractivity contribution in [2.75, 3.05) is 7.05 Å². The van der Waals surface area contributed by atoms with Crippen molar-refractivity contribution in [1.29, 1.82) is 0 Å². The van der Waals surface area contributed by atoms with E-state index >= 15 is 0 Å². The van der Waals surface area contributed by atoms with E-state index in [-0.39, 0.29) is 18.4 Å². The van der Waals surface area contributed by atoms with Gasteiger partial charge in [-0.15, -0.1) is 0 Å². The molecule has 0 saturated carbocycles. The molecule has 1 atom stereocenters. The molecule has 0 bridgehead atoms. The number of unbranched alkanes of at least 4 members (excludes halogenated alkanes) is 1. The highest BCUT2D eigenvalue weighted by molar-refractivity contribution is 6.12. The molecule has 0 heterocycles. The van der Waals surface area contributed by atoms with Crippen LogP contribution in [-0.2, 0) is 16.1 Å². The summed E-state index contributed by atoms with van der Waals surface area (Å²) in [5.41, 5.74) is 9.81. The number of hydrogen-bond acceptors (Lipinski definition) is 4. The maximum Gasteiger partial charge on any atom is 0.326 e. The van der Waals surface area contributed by atoms with E-state index in [2.05, 4.69) is 34.6 Å². The fourth-order valence-corrected chi connectivity index (χ4v) is 4.06. The Morgan fingerprint density at radius 3 is 2.54 bits per heavy atom. The van der Waals surface area contributed by atoms with E-state index in [0.29, 0.717) is 12.3 Å². The first-order chi connectivity index (χ1) is 16.8. The van der Waals surface area contributed by atoms with E-state index in [1.165, 1.54) is 11.1 Å². The van der Waals surface area contributed by atoms with Gasteiger partial charge < -0.3 is 15.4 Å². The minimum Gasteiger partial charge on any atom is -0.480 e. The largest absolute Gasteiger partial charge is 0.480 e. The number of carboxylic acid groups (broad SMARTS) is 1. The Balaban J connectivity index is 2.36. The number of hydrogen-bond donors (Lipinski definition) is 3. The van der Waals surface area contributed by atoms with Gasteiger partial charge in [0.1, 0.15) is 11.9 Å². The van der Waals surface area contributed by atoms with Crippen LogP contribution < -0.4 is 10.9 Å². The molecule has 2 rings (SSSR count). The number of benzene rings is 1. The van der Waals surface area contributed by atoms with Gasteiger partial charge in [0.15, 0.2) is 0 Å². The summed E-state index contributed by atoms with van der Waals surface area (Å²) in [5.74, 6) is -0.634. The van der Waals surface area contributed by atoms with E-state index in [4.69, 9.17) is 0 Å². The van der Waals surface area contributed by atoms with Crippen LogP contribution in [0.1, 0.15) is 57.6 Å². The number of carboxylic acids is 1. The van der Waals surface area contributed by atoms with Gasteiger partial charge in [0.2, 0.25) is 5.91 Å². The molecule has 188 valence electrons. The molecule has 0 fully saturated rings. The zero-order valence-electron chi connectivity index (χ0n) is 21.3. The van der Waals surface area contributed by atoms with Gasteiger partial charge in [-0.2, -0.15) is 0 Å². The number of allylic oxidation sites excluding steroid dienone is 4. The van der Waals surface area contributed by atoms with Gasteiger partial charge in [0, 0.05) is 31.8 Å². The molecule has 1 aliphatic carbocycles. The van der Waals surface area contributed by atoms with Crippen LogP contribution in [0, 0.1) is 5.92 Å². The van der Waals surface area contributed by atoms with Gasteiger partial charge >= 0.3 is 5.97 Å². The van der Waals surface area contributed by atoms with Crippen molar-refractivity contribution < 1.29 is 14.7 Å². The maximum absolute atomic E-state index is 13.0. The van der Waals surface area contributed by atoms with Crippen LogP contribution >= 0.6 is 0 Å². The summed E-state index contributed by atoms with van der Waals surface area (Å²) in [7, 11) is 1.78. The number of aliphatic carboxylic acids is 1. The predicted molar refractivity (Wildman–Crippen MR) is 142 cm³/mol. The number of nitrogens with zero attached hydrogens (tertiary/aromatic N) is 2. The average Bonchev–Trinajstić information content (AvgIpc) is 3.08. The lowest BCUT2D eigenvalue weighted by Gasteiger charge is -2.32. The lowest BCUT2D eigenvalue weighted by Crippen LogP contribution is -2.47. The topological polar surface area (TPSA) is 94.0 Å². The molecule has 0 aliphatic heterocycles. The molecule has 7 heteroatoms.